The number of benzene rings is 3. The van der Waals surface area contributed by atoms with Gasteiger partial charge in [0.25, 0.3) is 0 Å². The lowest BCUT2D eigenvalue weighted by atomic mass is 9.48. The fourth-order valence-corrected chi connectivity index (χ4v) is 7.58. The Bertz CT molecular complexity index is 1420. The molecule has 3 aromatic carbocycles. The van der Waals surface area contributed by atoms with E-state index in [-0.39, 0.29) is 13.7 Å². The number of rotatable bonds is 2. The number of hydrogen-bond donors (Lipinski definition) is 2. The van der Waals surface area contributed by atoms with E-state index in [0.29, 0.717) is 0 Å². The highest BCUT2D eigenvalue weighted by molar-refractivity contribution is 7.19. The molecule has 2 aliphatic rings. The molecule has 2 nitrogen and oxygen atoms in total. The van der Waals surface area contributed by atoms with Crippen molar-refractivity contribution in [1.29, 1.82) is 0 Å². The fraction of sp³-hybridized carbons (Fsp3) is 0.0714. The van der Waals surface area contributed by atoms with Crippen LogP contribution >= 0.6 is 22.7 Å². The van der Waals surface area contributed by atoms with Crippen LogP contribution < -0.4 is 32.3 Å². The third-order valence-electron chi connectivity index (χ3n) is 6.90. The number of thiophene rings is 2. The van der Waals surface area contributed by atoms with Gasteiger partial charge in [-0.2, -0.15) is 0 Å². The average molecular weight is 472 g/mol. The van der Waals surface area contributed by atoms with Crippen molar-refractivity contribution in [1.82, 2.24) is 0 Å². The highest BCUT2D eigenvalue weighted by atomic mass is 32.1. The summed E-state index contributed by atoms with van der Waals surface area (Å²) < 4.78 is 0. The maximum absolute atomic E-state index is 3.90. The van der Waals surface area contributed by atoms with Gasteiger partial charge in [0, 0.05) is 42.0 Å². The van der Waals surface area contributed by atoms with Crippen LogP contribution in [0.25, 0.3) is 20.9 Å². The molecule has 5 aromatic rings. The van der Waals surface area contributed by atoms with Crippen LogP contribution in [0.1, 0.15) is 9.75 Å². The predicted molar refractivity (Wildman–Crippen MR) is 153 cm³/mol. The second kappa shape index (κ2) is 7.66. The quantitative estimate of drug-likeness (QED) is 0.360. The van der Waals surface area contributed by atoms with Gasteiger partial charge in [0.1, 0.15) is 0 Å². The van der Waals surface area contributed by atoms with E-state index in [1.807, 2.05) is 22.7 Å². The first kappa shape index (κ1) is 20.2. The van der Waals surface area contributed by atoms with Gasteiger partial charge < -0.3 is 10.5 Å². The maximum Gasteiger partial charge on any atom is 0.322 e. The van der Waals surface area contributed by atoms with Crippen LogP contribution in [0.15, 0.2) is 84.9 Å². The molecule has 4 heterocycles. The van der Waals surface area contributed by atoms with Crippen LogP contribution in [0.3, 0.4) is 0 Å². The van der Waals surface area contributed by atoms with Crippen LogP contribution in [0.5, 0.6) is 0 Å². The summed E-state index contributed by atoms with van der Waals surface area (Å²) in [7, 11) is 0. The number of hydrogen-bond acceptors (Lipinski definition) is 4. The summed E-state index contributed by atoms with van der Waals surface area (Å²) in [6.45, 7) is 4.77. The van der Waals surface area contributed by atoms with Gasteiger partial charge in [-0.25, -0.2) is 0 Å². The molecule has 0 atom stereocenters. The predicted octanol–water partition coefficient (Wildman–Crippen LogP) is 4.82. The second-order valence-corrected chi connectivity index (χ2v) is 11.7. The first-order valence-electron chi connectivity index (χ1n) is 11.7. The Balaban J connectivity index is 1.41. The lowest BCUT2D eigenvalue weighted by molar-refractivity contribution is 1.58. The van der Waals surface area contributed by atoms with E-state index in [4.69, 9.17) is 0 Å². The first-order valence-corrected chi connectivity index (χ1v) is 13.3. The lowest BCUT2D eigenvalue weighted by Gasteiger charge is -2.30. The largest absolute Gasteiger partial charge is 0.420 e. The van der Waals surface area contributed by atoms with Gasteiger partial charge in [0.15, 0.2) is 0 Å². The van der Waals surface area contributed by atoms with E-state index in [9.17, 15) is 0 Å². The highest BCUT2D eigenvalue weighted by Crippen LogP contribution is 2.44. The smallest absolute Gasteiger partial charge is 0.322 e. The number of anilines is 2. The molecule has 2 N–H and O–H groups in total. The molecule has 2 aliphatic heterocycles. The average Bonchev–Trinajstić information content (AvgIpc) is 3.45. The van der Waals surface area contributed by atoms with Crippen LogP contribution in [-0.2, 0) is 0 Å². The summed E-state index contributed by atoms with van der Waals surface area (Å²) in [6.07, 6.45) is 0. The van der Waals surface area contributed by atoms with Gasteiger partial charge in [-0.15, -0.1) is 22.7 Å². The van der Waals surface area contributed by atoms with Crippen molar-refractivity contribution in [3.8, 4) is 20.9 Å². The summed E-state index contributed by atoms with van der Waals surface area (Å²) in [4.78, 5) is 5.47. The molecular weight excluding hydrogens is 450 g/mol. The Kier molecular flexibility index (Phi) is 4.55. The molecule has 0 radical (unpaired) electrons. The van der Waals surface area contributed by atoms with E-state index >= 15 is 0 Å². The SMILES string of the molecule is Cc1cc2c(s1)-c1cc3c(cc1NB2c1ccccc1)-c1sc(C)cc1B(c1ccccc1)N3. The van der Waals surface area contributed by atoms with Gasteiger partial charge >= 0.3 is 13.7 Å². The molecule has 0 spiro atoms. The number of nitrogens with one attached hydrogen (secondary N) is 2. The summed E-state index contributed by atoms with van der Waals surface area (Å²) >= 11 is 3.81. The van der Waals surface area contributed by atoms with E-state index < -0.39 is 0 Å². The fourth-order valence-electron chi connectivity index (χ4n) is 5.42. The van der Waals surface area contributed by atoms with Crippen molar-refractivity contribution >= 4 is 69.6 Å². The van der Waals surface area contributed by atoms with Gasteiger partial charge in [-0.05, 0) is 36.9 Å². The van der Waals surface area contributed by atoms with Crippen LogP contribution in [0, 0.1) is 13.8 Å². The zero-order chi connectivity index (χ0) is 22.8. The zero-order valence-electron chi connectivity index (χ0n) is 19.1. The van der Waals surface area contributed by atoms with E-state index in [1.54, 1.807) is 0 Å². The highest BCUT2D eigenvalue weighted by Gasteiger charge is 2.35. The molecule has 0 unspecified atom stereocenters. The Morgan fingerprint density at radius 3 is 1.38 bits per heavy atom. The summed E-state index contributed by atoms with van der Waals surface area (Å²) in [6, 6.07) is 31.1. The molecule has 0 amide bonds. The van der Waals surface area contributed by atoms with Gasteiger partial charge in [0.05, 0.1) is 0 Å². The Morgan fingerprint density at radius 2 is 0.971 bits per heavy atom. The van der Waals surface area contributed by atoms with Crippen molar-refractivity contribution in [3.05, 3.63) is 94.7 Å². The molecule has 6 heteroatoms. The number of aryl methyl sites for hydroxylation is 2. The zero-order valence-corrected chi connectivity index (χ0v) is 20.7. The van der Waals surface area contributed by atoms with Crippen molar-refractivity contribution in [3.63, 3.8) is 0 Å². The van der Waals surface area contributed by atoms with E-state index in [2.05, 4.69) is 109 Å². The molecule has 2 aromatic heterocycles. The Morgan fingerprint density at radius 1 is 0.559 bits per heavy atom. The molecule has 0 saturated heterocycles. The monoisotopic (exact) mass is 472 g/mol. The molecular formula is C28H22B2N2S2. The number of fused-ring (bicyclic) bond motifs is 6. The summed E-state index contributed by atoms with van der Waals surface area (Å²) in [5, 5.41) is 7.79. The van der Waals surface area contributed by atoms with Gasteiger partial charge in [0.2, 0.25) is 0 Å². The van der Waals surface area contributed by atoms with Gasteiger partial charge in [-0.3, -0.25) is 0 Å². The Labute approximate surface area is 208 Å². The van der Waals surface area contributed by atoms with Crippen molar-refractivity contribution < 1.29 is 0 Å². The van der Waals surface area contributed by atoms with E-state index in [1.165, 1.54) is 63.9 Å². The molecule has 7 rings (SSSR count). The van der Waals surface area contributed by atoms with Crippen molar-refractivity contribution in [2.24, 2.45) is 0 Å². The minimum Gasteiger partial charge on any atom is -0.420 e. The van der Waals surface area contributed by atoms with Crippen molar-refractivity contribution in [2.45, 2.75) is 13.8 Å². The molecule has 0 bridgehead atoms. The standard InChI is InChI=1S/C28H22B2N2S2/c1-17-13-23-27(33-17)21-15-26-22(16-25(21)31-29(23)19-9-5-3-6-10-19)28-24(14-18(2)34-28)30(32-26)20-11-7-4-8-12-20/h3-16,31-32H,1-2H3. The lowest BCUT2D eigenvalue weighted by Crippen LogP contribution is -2.52. The third kappa shape index (κ3) is 3.09. The molecule has 34 heavy (non-hydrogen) atoms. The maximum atomic E-state index is 3.90. The molecule has 0 aliphatic carbocycles. The third-order valence-corrected chi connectivity index (χ3v) is 9.10. The van der Waals surface area contributed by atoms with Gasteiger partial charge in [-0.1, -0.05) is 83.7 Å². The molecule has 0 saturated carbocycles. The summed E-state index contributed by atoms with van der Waals surface area (Å²) in [5.41, 5.74) is 10.4. The van der Waals surface area contributed by atoms with Crippen LogP contribution in [0.4, 0.5) is 11.4 Å². The normalized spacial score (nSPS) is 13.4. The van der Waals surface area contributed by atoms with Crippen molar-refractivity contribution in [2.75, 3.05) is 10.5 Å². The minimum absolute atomic E-state index is 0.171. The van der Waals surface area contributed by atoms with E-state index in [0.717, 1.165) is 0 Å². The van der Waals surface area contributed by atoms with Crippen LogP contribution in [0.2, 0.25) is 0 Å². The minimum atomic E-state index is 0.171. The molecule has 0 fully saturated rings. The topological polar surface area (TPSA) is 24.1 Å². The summed E-state index contributed by atoms with van der Waals surface area (Å²) in [5.74, 6) is 0. The Hall–Kier alpha value is -3.21. The molecule has 162 valence electrons. The second-order valence-electron chi connectivity index (χ2n) is 9.20. The first-order chi connectivity index (χ1) is 16.7. The van der Waals surface area contributed by atoms with Crippen LogP contribution in [-0.4, -0.2) is 13.7 Å².